The van der Waals surface area contributed by atoms with E-state index in [9.17, 15) is 4.79 Å². The summed E-state index contributed by atoms with van der Waals surface area (Å²) < 4.78 is -0.134. The van der Waals surface area contributed by atoms with Crippen molar-refractivity contribution in [3.05, 3.63) is 0 Å². The molecule has 0 aromatic carbocycles. The number of ketones is 1. The SMILES string of the molecule is CCCC1SSC(C)(C)C1=O. The summed E-state index contributed by atoms with van der Waals surface area (Å²) in [7, 11) is 3.47. The molecule has 1 atom stereocenters. The van der Waals surface area contributed by atoms with Gasteiger partial charge in [0.25, 0.3) is 0 Å². The zero-order chi connectivity index (χ0) is 8.48. The summed E-state index contributed by atoms with van der Waals surface area (Å²) in [5.74, 6) is 0.425. The summed E-state index contributed by atoms with van der Waals surface area (Å²) in [5, 5.41) is 0.264. The molecule has 3 heteroatoms. The second-order valence-electron chi connectivity index (χ2n) is 3.33. The fourth-order valence-electron chi connectivity index (χ4n) is 1.09. The van der Waals surface area contributed by atoms with Crippen molar-refractivity contribution < 1.29 is 4.79 Å². The predicted octanol–water partition coefficient (Wildman–Crippen LogP) is 2.90. The number of carbonyl (C=O) groups is 1. The lowest BCUT2D eigenvalue weighted by atomic mass is 10.0. The molecule has 0 aromatic heterocycles. The number of rotatable bonds is 2. The minimum absolute atomic E-state index is 0.134. The number of carbonyl (C=O) groups excluding carboxylic acids is 1. The first-order valence-electron chi connectivity index (χ1n) is 3.96. The Morgan fingerprint density at radius 2 is 2.18 bits per heavy atom. The molecule has 0 aromatic rings. The fourth-order valence-corrected chi connectivity index (χ4v) is 4.33. The molecule has 1 rings (SSSR count). The van der Waals surface area contributed by atoms with Gasteiger partial charge in [0, 0.05) is 0 Å². The molecule has 1 heterocycles. The highest BCUT2D eigenvalue weighted by Crippen LogP contribution is 2.49. The van der Waals surface area contributed by atoms with Crippen LogP contribution in [0.5, 0.6) is 0 Å². The van der Waals surface area contributed by atoms with Crippen LogP contribution < -0.4 is 0 Å². The maximum absolute atomic E-state index is 11.6. The zero-order valence-electron chi connectivity index (χ0n) is 7.22. The first-order chi connectivity index (χ1) is 5.08. The van der Waals surface area contributed by atoms with E-state index < -0.39 is 0 Å². The van der Waals surface area contributed by atoms with E-state index in [1.165, 1.54) is 0 Å². The lowest BCUT2D eigenvalue weighted by molar-refractivity contribution is -0.119. The van der Waals surface area contributed by atoms with Gasteiger partial charge >= 0.3 is 0 Å². The Balaban J connectivity index is 2.56. The van der Waals surface area contributed by atoms with Crippen LogP contribution in [0, 0.1) is 0 Å². The smallest absolute Gasteiger partial charge is 0.162 e. The molecule has 0 spiro atoms. The number of hydrogen-bond donors (Lipinski definition) is 0. The Morgan fingerprint density at radius 3 is 2.55 bits per heavy atom. The van der Waals surface area contributed by atoms with Gasteiger partial charge in [-0.25, -0.2) is 0 Å². The molecule has 0 amide bonds. The lowest BCUT2D eigenvalue weighted by Gasteiger charge is -2.12. The maximum atomic E-state index is 11.6. The average Bonchev–Trinajstić information content (AvgIpc) is 2.17. The highest BCUT2D eigenvalue weighted by atomic mass is 33.1. The van der Waals surface area contributed by atoms with Crippen LogP contribution in [0.3, 0.4) is 0 Å². The third-order valence-corrected chi connectivity index (χ3v) is 5.44. The monoisotopic (exact) mass is 190 g/mol. The lowest BCUT2D eigenvalue weighted by Crippen LogP contribution is -2.28. The van der Waals surface area contributed by atoms with Gasteiger partial charge in [-0.3, -0.25) is 4.79 Å². The van der Waals surface area contributed by atoms with Crippen LogP contribution in [0.15, 0.2) is 0 Å². The van der Waals surface area contributed by atoms with Gasteiger partial charge in [-0.1, -0.05) is 34.9 Å². The number of hydrogen-bond acceptors (Lipinski definition) is 3. The zero-order valence-corrected chi connectivity index (χ0v) is 8.85. The van der Waals surface area contributed by atoms with Crippen LogP contribution in [-0.2, 0) is 4.79 Å². The van der Waals surface area contributed by atoms with Crippen molar-refractivity contribution in [3.63, 3.8) is 0 Å². The van der Waals surface area contributed by atoms with Crippen LogP contribution in [0.4, 0.5) is 0 Å². The van der Waals surface area contributed by atoms with Gasteiger partial charge in [-0.15, -0.1) is 0 Å². The van der Waals surface area contributed by atoms with Gasteiger partial charge in [0.05, 0.1) is 10.00 Å². The molecule has 0 N–H and O–H groups in total. The van der Waals surface area contributed by atoms with Crippen molar-refractivity contribution >= 4 is 27.4 Å². The van der Waals surface area contributed by atoms with Gasteiger partial charge < -0.3 is 0 Å². The van der Waals surface area contributed by atoms with Crippen LogP contribution in [0.2, 0.25) is 0 Å². The van der Waals surface area contributed by atoms with Gasteiger partial charge in [0.15, 0.2) is 5.78 Å². The second kappa shape index (κ2) is 3.40. The molecule has 64 valence electrons. The summed E-state index contributed by atoms with van der Waals surface area (Å²) in [5.41, 5.74) is 0. The van der Waals surface area contributed by atoms with E-state index >= 15 is 0 Å². The third-order valence-electron chi connectivity index (χ3n) is 1.81. The van der Waals surface area contributed by atoms with E-state index in [1.807, 2.05) is 13.8 Å². The summed E-state index contributed by atoms with van der Waals surface area (Å²) in [6.07, 6.45) is 2.15. The largest absolute Gasteiger partial charge is 0.297 e. The van der Waals surface area contributed by atoms with E-state index in [1.54, 1.807) is 21.6 Å². The Labute approximate surface area is 76.1 Å². The van der Waals surface area contributed by atoms with Crippen molar-refractivity contribution in [1.29, 1.82) is 0 Å². The van der Waals surface area contributed by atoms with Crippen LogP contribution in [-0.4, -0.2) is 15.8 Å². The molecule has 1 fully saturated rings. The van der Waals surface area contributed by atoms with Crippen molar-refractivity contribution in [3.8, 4) is 0 Å². The standard InChI is InChI=1S/C8H14OS2/c1-4-5-6-7(9)8(2,3)11-10-6/h6H,4-5H2,1-3H3. The first-order valence-corrected chi connectivity index (χ1v) is 6.18. The summed E-state index contributed by atoms with van der Waals surface area (Å²) in [6.45, 7) is 6.16. The maximum Gasteiger partial charge on any atom is 0.162 e. The minimum atomic E-state index is -0.134. The van der Waals surface area contributed by atoms with E-state index in [-0.39, 0.29) is 10.00 Å². The molecular formula is C8H14OS2. The van der Waals surface area contributed by atoms with E-state index in [4.69, 9.17) is 0 Å². The minimum Gasteiger partial charge on any atom is -0.297 e. The third kappa shape index (κ3) is 1.94. The predicted molar refractivity (Wildman–Crippen MR) is 53.0 cm³/mol. The second-order valence-corrected chi connectivity index (χ2v) is 6.36. The van der Waals surface area contributed by atoms with Crippen molar-refractivity contribution in [1.82, 2.24) is 0 Å². The summed E-state index contributed by atoms with van der Waals surface area (Å²) in [6, 6.07) is 0. The van der Waals surface area contributed by atoms with Crippen LogP contribution >= 0.6 is 21.6 Å². The topological polar surface area (TPSA) is 17.1 Å². The molecule has 11 heavy (non-hydrogen) atoms. The molecule has 1 unspecified atom stereocenters. The van der Waals surface area contributed by atoms with Gasteiger partial charge in [0.2, 0.25) is 0 Å². The van der Waals surface area contributed by atoms with Crippen LogP contribution in [0.25, 0.3) is 0 Å². The quantitative estimate of drug-likeness (QED) is 0.623. The summed E-state index contributed by atoms with van der Waals surface area (Å²) in [4.78, 5) is 11.6. The Bertz CT molecular complexity index is 165. The highest BCUT2D eigenvalue weighted by Gasteiger charge is 2.41. The van der Waals surface area contributed by atoms with Gasteiger partial charge in [0.1, 0.15) is 0 Å². The molecule has 1 nitrogen and oxygen atoms in total. The van der Waals surface area contributed by atoms with Gasteiger partial charge in [-0.2, -0.15) is 0 Å². The highest BCUT2D eigenvalue weighted by molar-refractivity contribution is 8.78. The molecule has 0 aliphatic carbocycles. The normalized spacial score (nSPS) is 29.4. The van der Waals surface area contributed by atoms with E-state index in [0.29, 0.717) is 5.78 Å². The fraction of sp³-hybridized carbons (Fsp3) is 0.875. The Morgan fingerprint density at radius 1 is 1.55 bits per heavy atom. The molecule has 0 bridgehead atoms. The molecule has 1 saturated heterocycles. The first kappa shape index (κ1) is 9.46. The van der Waals surface area contributed by atoms with Crippen molar-refractivity contribution in [2.75, 3.05) is 0 Å². The van der Waals surface area contributed by atoms with E-state index in [0.717, 1.165) is 12.8 Å². The molecule has 0 radical (unpaired) electrons. The molecule has 0 saturated carbocycles. The van der Waals surface area contributed by atoms with Crippen molar-refractivity contribution in [2.45, 2.75) is 43.6 Å². The number of Topliss-reactive ketones (excluding diaryl/α,β-unsaturated/α-hetero) is 1. The Hall–Kier alpha value is 0.370. The molecule has 1 aliphatic heterocycles. The molecular weight excluding hydrogens is 176 g/mol. The average molecular weight is 190 g/mol. The molecule has 1 aliphatic rings. The van der Waals surface area contributed by atoms with Crippen molar-refractivity contribution in [2.24, 2.45) is 0 Å². The summed E-state index contributed by atoms with van der Waals surface area (Å²) >= 11 is 0. The Kier molecular flexibility index (Phi) is 2.92. The van der Waals surface area contributed by atoms with E-state index in [2.05, 4.69) is 6.92 Å². The van der Waals surface area contributed by atoms with Gasteiger partial charge in [-0.05, 0) is 20.3 Å². The van der Waals surface area contributed by atoms with Crippen LogP contribution in [0.1, 0.15) is 33.6 Å².